The van der Waals surface area contributed by atoms with E-state index in [0.717, 1.165) is 32.5 Å². The molecule has 1 aliphatic carbocycles. The van der Waals surface area contributed by atoms with E-state index < -0.39 is 0 Å². The molecule has 0 amide bonds. The second-order valence-corrected chi connectivity index (χ2v) is 5.29. The zero-order chi connectivity index (χ0) is 12.2. The molecule has 0 atom stereocenters. The Hall–Kier alpha value is -1.32. The van der Waals surface area contributed by atoms with E-state index in [1.54, 1.807) is 0 Å². The minimum Gasteiger partial charge on any atom is -0.347 e. The van der Waals surface area contributed by atoms with Gasteiger partial charge in [0.15, 0.2) is 5.79 Å². The summed E-state index contributed by atoms with van der Waals surface area (Å²) in [5, 5.41) is 1.35. The summed E-state index contributed by atoms with van der Waals surface area (Å²) >= 11 is 0. The molecule has 0 unspecified atom stereocenters. The maximum absolute atomic E-state index is 5.86. The summed E-state index contributed by atoms with van der Waals surface area (Å²) in [6.07, 6.45) is 2.91. The summed E-state index contributed by atoms with van der Waals surface area (Å²) in [6.45, 7) is 1.47. The van der Waals surface area contributed by atoms with Gasteiger partial charge in [0.05, 0.1) is 13.2 Å². The lowest BCUT2D eigenvalue weighted by Gasteiger charge is -2.32. The molecule has 3 heteroatoms. The second kappa shape index (κ2) is 3.59. The van der Waals surface area contributed by atoms with E-state index in [1.807, 2.05) is 0 Å². The smallest absolute Gasteiger partial charge is 0.172 e. The molecule has 4 rings (SSSR count). The van der Waals surface area contributed by atoms with Crippen molar-refractivity contribution in [2.45, 2.75) is 25.0 Å². The van der Waals surface area contributed by atoms with Crippen LogP contribution in [0.5, 0.6) is 0 Å². The Bertz CT molecular complexity index is 608. The maximum atomic E-state index is 5.86. The Labute approximate surface area is 106 Å². The van der Waals surface area contributed by atoms with Gasteiger partial charge in [-0.25, -0.2) is 0 Å². The van der Waals surface area contributed by atoms with Gasteiger partial charge in [-0.3, -0.25) is 0 Å². The lowest BCUT2D eigenvalue weighted by atomic mass is 9.90. The van der Waals surface area contributed by atoms with E-state index in [0.29, 0.717) is 0 Å². The largest absolute Gasteiger partial charge is 0.347 e. The molecule has 1 aromatic carbocycles. The molecule has 18 heavy (non-hydrogen) atoms. The highest BCUT2D eigenvalue weighted by Crippen LogP contribution is 2.39. The van der Waals surface area contributed by atoms with Crippen LogP contribution < -0.4 is 0 Å². The molecular formula is C15H17NO2. The molecule has 2 heterocycles. The van der Waals surface area contributed by atoms with Gasteiger partial charge in [0.2, 0.25) is 0 Å². The number of ether oxygens (including phenoxy) is 2. The van der Waals surface area contributed by atoms with Crippen molar-refractivity contribution < 1.29 is 9.47 Å². The Kier molecular flexibility index (Phi) is 2.11. The van der Waals surface area contributed by atoms with Gasteiger partial charge in [0.1, 0.15) is 0 Å². The van der Waals surface area contributed by atoms with E-state index >= 15 is 0 Å². The molecule has 94 valence electrons. The van der Waals surface area contributed by atoms with Gasteiger partial charge in [-0.15, -0.1) is 0 Å². The fraction of sp³-hybridized carbons (Fsp3) is 0.467. The second-order valence-electron chi connectivity index (χ2n) is 5.29. The molecule has 0 radical (unpaired) electrons. The predicted octanol–water partition coefficient (Wildman–Crippen LogP) is 2.41. The van der Waals surface area contributed by atoms with Crippen LogP contribution >= 0.6 is 0 Å². The highest BCUT2D eigenvalue weighted by atomic mass is 16.7. The maximum Gasteiger partial charge on any atom is 0.172 e. The van der Waals surface area contributed by atoms with Gasteiger partial charge in [-0.1, -0.05) is 18.2 Å². The Morgan fingerprint density at radius 3 is 2.78 bits per heavy atom. The number of nitrogens with zero attached hydrogens (tertiary/aromatic N) is 1. The van der Waals surface area contributed by atoms with Crippen LogP contribution in [0.15, 0.2) is 24.3 Å². The molecule has 1 saturated heterocycles. The minimum atomic E-state index is -0.336. The molecule has 1 spiro atoms. The first-order valence-corrected chi connectivity index (χ1v) is 6.62. The number of rotatable bonds is 0. The quantitative estimate of drug-likeness (QED) is 0.709. The van der Waals surface area contributed by atoms with E-state index in [9.17, 15) is 0 Å². The molecule has 0 bridgehead atoms. The molecule has 1 aromatic heterocycles. The summed E-state index contributed by atoms with van der Waals surface area (Å²) in [4.78, 5) is 0. The van der Waals surface area contributed by atoms with Gasteiger partial charge >= 0.3 is 0 Å². The molecule has 1 aliphatic heterocycles. The Morgan fingerprint density at radius 1 is 1.17 bits per heavy atom. The number of para-hydroxylation sites is 1. The standard InChI is InChI=1S/C15H17NO2/c1-16-13-5-3-2-4-11(13)12-10-15(7-6-14(12)16)17-8-9-18-15/h2-5H,6-10H2,1H3. The number of hydrogen-bond donors (Lipinski definition) is 0. The fourth-order valence-electron chi connectivity index (χ4n) is 3.45. The molecule has 2 aromatic rings. The first kappa shape index (κ1) is 10.6. The molecule has 2 aliphatic rings. The van der Waals surface area contributed by atoms with Crippen molar-refractivity contribution in [1.82, 2.24) is 4.57 Å². The number of aryl methyl sites for hydroxylation is 1. The van der Waals surface area contributed by atoms with E-state index in [-0.39, 0.29) is 5.79 Å². The van der Waals surface area contributed by atoms with Crippen LogP contribution in [-0.4, -0.2) is 23.6 Å². The molecule has 0 saturated carbocycles. The summed E-state index contributed by atoms with van der Waals surface area (Å²) < 4.78 is 14.1. The highest BCUT2D eigenvalue weighted by Gasteiger charge is 2.41. The summed E-state index contributed by atoms with van der Waals surface area (Å²) in [6, 6.07) is 8.62. The lowest BCUT2D eigenvalue weighted by molar-refractivity contribution is -0.163. The zero-order valence-corrected chi connectivity index (χ0v) is 10.6. The van der Waals surface area contributed by atoms with E-state index in [4.69, 9.17) is 9.47 Å². The van der Waals surface area contributed by atoms with Crippen LogP contribution in [0.4, 0.5) is 0 Å². The minimum absolute atomic E-state index is 0.336. The predicted molar refractivity (Wildman–Crippen MR) is 69.6 cm³/mol. The molecule has 1 fully saturated rings. The van der Waals surface area contributed by atoms with Crippen molar-refractivity contribution in [3.05, 3.63) is 35.5 Å². The van der Waals surface area contributed by atoms with Gasteiger partial charge < -0.3 is 14.0 Å². The van der Waals surface area contributed by atoms with Crippen molar-refractivity contribution in [3.63, 3.8) is 0 Å². The first-order valence-electron chi connectivity index (χ1n) is 6.62. The van der Waals surface area contributed by atoms with Crippen molar-refractivity contribution in [3.8, 4) is 0 Å². The summed E-state index contributed by atoms with van der Waals surface area (Å²) in [7, 11) is 2.16. The summed E-state index contributed by atoms with van der Waals surface area (Å²) in [5.74, 6) is -0.336. The third-order valence-corrected chi connectivity index (χ3v) is 4.35. The van der Waals surface area contributed by atoms with Crippen molar-refractivity contribution in [2.24, 2.45) is 7.05 Å². The monoisotopic (exact) mass is 243 g/mol. The van der Waals surface area contributed by atoms with Crippen LogP contribution in [0.1, 0.15) is 17.7 Å². The van der Waals surface area contributed by atoms with Gasteiger partial charge in [-0.2, -0.15) is 0 Å². The highest BCUT2D eigenvalue weighted by molar-refractivity contribution is 5.85. The lowest BCUT2D eigenvalue weighted by Crippen LogP contribution is -2.37. The normalized spacial score (nSPS) is 21.6. The van der Waals surface area contributed by atoms with Crippen molar-refractivity contribution >= 4 is 10.9 Å². The third-order valence-electron chi connectivity index (χ3n) is 4.35. The van der Waals surface area contributed by atoms with Crippen LogP contribution in [0, 0.1) is 0 Å². The topological polar surface area (TPSA) is 23.4 Å². The van der Waals surface area contributed by atoms with E-state index in [2.05, 4.69) is 35.9 Å². The Balaban J connectivity index is 1.90. The van der Waals surface area contributed by atoms with Crippen molar-refractivity contribution in [1.29, 1.82) is 0 Å². The van der Waals surface area contributed by atoms with Crippen LogP contribution in [-0.2, 0) is 29.4 Å². The van der Waals surface area contributed by atoms with Crippen molar-refractivity contribution in [2.75, 3.05) is 13.2 Å². The van der Waals surface area contributed by atoms with Gasteiger partial charge in [-0.05, 0) is 18.1 Å². The van der Waals surface area contributed by atoms with Gasteiger partial charge in [0, 0.05) is 36.5 Å². The van der Waals surface area contributed by atoms with Crippen LogP contribution in [0.25, 0.3) is 10.9 Å². The first-order chi connectivity index (χ1) is 8.79. The summed E-state index contributed by atoms with van der Waals surface area (Å²) in [5.41, 5.74) is 4.18. The molecule has 0 N–H and O–H groups in total. The third kappa shape index (κ3) is 1.32. The zero-order valence-electron chi connectivity index (χ0n) is 10.6. The van der Waals surface area contributed by atoms with Crippen LogP contribution in [0.2, 0.25) is 0 Å². The Morgan fingerprint density at radius 2 is 1.94 bits per heavy atom. The fourth-order valence-corrected chi connectivity index (χ4v) is 3.45. The van der Waals surface area contributed by atoms with E-state index in [1.165, 1.54) is 22.2 Å². The van der Waals surface area contributed by atoms with Gasteiger partial charge in [0.25, 0.3) is 0 Å². The number of benzene rings is 1. The molecule has 3 nitrogen and oxygen atoms in total. The SMILES string of the molecule is Cn1c2c(c3ccccc31)CC1(CC2)OCCO1. The number of aromatic nitrogens is 1. The van der Waals surface area contributed by atoms with Crippen LogP contribution in [0.3, 0.4) is 0 Å². The molecular weight excluding hydrogens is 226 g/mol. The number of fused-ring (bicyclic) bond motifs is 3. The number of hydrogen-bond acceptors (Lipinski definition) is 2. The average Bonchev–Trinajstić information content (AvgIpc) is 2.96. The average molecular weight is 243 g/mol.